The maximum absolute atomic E-state index is 13.8. The minimum absolute atomic E-state index is 0.166. The standard InChI is InChI=1S/C30H48N6O2/c1-2-3-17-30(20-23-9-5-4-6-10-23)27(37)36(28(31)35-30)22-25-14-12-24(13-15-25)21-34-29(38)33-19-16-26-11-7-8-18-32-26/h8,12-15,18,23,28-29,33-35,38H,2-7,9-11,16-17,19-22,31H2,1H3/t28?,29-,30?/m0/s1. The third-order valence-corrected chi connectivity index (χ3v) is 8.34. The SMILES string of the molecule is CCCCC1(CC2CCCCC2)NC(N)N(Cc2ccc(CN[C@@H](O)NCCC3=NC=CCC3)cc2)C1=O. The summed E-state index contributed by atoms with van der Waals surface area (Å²) in [5.74, 6) is 0.776. The number of carbonyl (C=O) groups excluding carboxylic acids is 1. The predicted molar refractivity (Wildman–Crippen MR) is 153 cm³/mol. The van der Waals surface area contributed by atoms with E-state index in [0.29, 0.717) is 25.6 Å². The lowest BCUT2D eigenvalue weighted by Crippen LogP contribution is -2.50. The summed E-state index contributed by atoms with van der Waals surface area (Å²) < 4.78 is 0. The predicted octanol–water partition coefficient (Wildman–Crippen LogP) is 3.85. The van der Waals surface area contributed by atoms with Crippen molar-refractivity contribution in [2.45, 2.75) is 115 Å². The van der Waals surface area contributed by atoms with Crippen molar-refractivity contribution in [2.75, 3.05) is 6.54 Å². The Morgan fingerprint density at radius 2 is 1.95 bits per heavy atom. The second kappa shape index (κ2) is 14.3. The average Bonchev–Trinajstić information content (AvgIpc) is 3.16. The van der Waals surface area contributed by atoms with Crippen molar-refractivity contribution >= 4 is 11.6 Å². The fourth-order valence-electron chi connectivity index (χ4n) is 6.12. The zero-order chi connectivity index (χ0) is 26.8. The number of benzene rings is 1. The fourth-order valence-corrected chi connectivity index (χ4v) is 6.12. The van der Waals surface area contributed by atoms with Crippen LogP contribution in [0.4, 0.5) is 0 Å². The van der Waals surface area contributed by atoms with E-state index < -0.39 is 18.2 Å². The first-order valence-electron chi connectivity index (χ1n) is 14.8. The molecule has 1 saturated carbocycles. The van der Waals surface area contributed by atoms with E-state index in [1.807, 2.05) is 23.2 Å². The molecule has 1 saturated heterocycles. The van der Waals surface area contributed by atoms with E-state index in [4.69, 9.17) is 5.73 Å². The number of nitrogens with zero attached hydrogens (tertiary/aromatic N) is 2. The van der Waals surface area contributed by atoms with Crippen molar-refractivity contribution in [3.63, 3.8) is 0 Å². The van der Waals surface area contributed by atoms with Gasteiger partial charge in [-0.2, -0.15) is 0 Å². The van der Waals surface area contributed by atoms with Crippen LogP contribution < -0.4 is 21.7 Å². The molecule has 1 aromatic carbocycles. The Morgan fingerprint density at radius 3 is 2.66 bits per heavy atom. The summed E-state index contributed by atoms with van der Waals surface area (Å²) in [7, 11) is 0. The van der Waals surface area contributed by atoms with Crippen molar-refractivity contribution in [3.8, 4) is 0 Å². The summed E-state index contributed by atoms with van der Waals surface area (Å²) in [4.78, 5) is 20.0. The van der Waals surface area contributed by atoms with Crippen LogP contribution in [0.2, 0.25) is 0 Å². The molecule has 38 heavy (non-hydrogen) atoms. The summed E-state index contributed by atoms with van der Waals surface area (Å²) in [6, 6.07) is 8.20. The lowest BCUT2D eigenvalue weighted by atomic mass is 9.77. The number of rotatable bonds is 14. The number of nitrogens with two attached hydrogens (primary N) is 1. The van der Waals surface area contributed by atoms with Gasteiger partial charge in [0.1, 0.15) is 11.8 Å². The van der Waals surface area contributed by atoms with Crippen LogP contribution in [0.25, 0.3) is 0 Å². The number of amides is 1. The summed E-state index contributed by atoms with van der Waals surface area (Å²) in [6.07, 6.45) is 15.8. The molecule has 0 aromatic heterocycles. The molecule has 6 N–H and O–H groups in total. The van der Waals surface area contributed by atoms with Crippen molar-refractivity contribution < 1.29 is 9.90 Å². The van der Waals surface area contributed by atoms with Crippen molar-refractivity contribution in [1.82, 2.24) is 20.9 Å². The summed E-state index contributed by atoms with van der Waals surface area (Å²) >= 11 is 0. The highest BCUT2D eigenvalue weighted by Crippen LogP contribution is 2.37. The topological polar surface area (TPSA) is 115 Å². The molecular weight excluding hydrogens is 476 g/mol. The molecule has 2 aliphatic heterocycles. The van der Waals surface area contributed by atoms with Crippen LogP contribution in [0.1, 0.15) is 95.1 Å². The molecule has 8 heteroatoms. The van der Waals surface area contributed by atoms with Crippen molar-refractivity contribution in [3.05, 3.63) is 47.7 Å². The van der Waals surface area contributed by atoms with E-state index in [0.717, 1.165) is 56.1 Å². The molecule has 210 valence electrons. The molecule has 3 aliphatic rings. The van der Waals surface area contributed by atoms with Gasteiger partial charge in [-0.25, -0.2) is 0 Å². The second-order valence-electron chi connectivity index (χ2n) is 11.3. The van der Waals surface area contributed by atoms with E-state index in [1.54, 1.807) is 0 Å². The van der Waals surface area contributed by atoms with Gasteiger partial charge in [0.05, 0.1) is 0 Å². The van der Waals surface area contributed by atoms with Gasteiger partial charge in [-0.3, -0.25) is 31.5 Å². The minimum atomic E-state index is -0.777. The van der Waals surface area contributed by atoms with Gasteiger partial charge in [0.25, 0.3) is 0 Å². The molecular formula is C30H48N6O2. The Morgan fingerprint density at radius 1 is 1.18 bits per heavy atom. The van der Waals surface area contributed by atoms with Crippen LogP contribution in [0.5, 0.6) is 0 Å². The Hall–Kier alpha value is -2.10. The Balaban J connectivity index is 1.26. The molecule has 2 heterocycles. The highest BCUT2D eigenvalue weighted by atomic mass is 16.3. The van der Waals surface area contributed by atoms with Gasteiger partial charge in [-0.15, -0.1) is 0 Å². The zero-order valence-corrected chi connectivity index (χ0v) is 23.1. The van der Waals surface area contributed by atoms with Gasteiger partial charge in [0.2, 0.25) is 5.91 Å². The first-order chi connectivity index (χ1) is 18.5. The van der Waals surface area contributed by atoms with Crippen LogP contribution in [0, 0.1) is 5.92 Å². The van der Waals surface area contributed by atoms with Gasteiger partial charge < -0.3 is 10.0 Å². The maximum atomic E-state index is 13.8. The van der Waals surface area contributed by atoms with E-state index in [9.17, 15) is 9.90 Å². The lowest BCUT2D eigenvalue weighted by molar-refractivity contribution is -0.134. The van der Waals surface area contributed by atoms with Crippen LogP contribution in [0.15, 0.2) is 41.5 Å². The normalized spacial score (nSPS) is 25.1. The molecule has 8 nitrogen and oxygen atoms in total. The molecule has 2 fully saturated rings. The number of unbranched alkanes of at least 4 members (excludes halogenated alkanes) is 1. The third kappa shape index (κ3) is 7.96. The lowest BCUT2D eigenvalue weighted by Gasteiger charge is -2.33. The molecule has 4 rings (SSSR count). The van der Waals surface area contributed by atoms with E-state index in [-0.39, 0.29) is 5.91 Å². The Labute approximate surface area is 228 Å². The fraction of sp³-hybridized carbons (Fsp3) is 0.667. The third-order valence-electron chi connectivity index (χ3n) is 8.34. The number of hydrogen-bond acceptors (Lipinski definition) is 7. The van der Waals surface area contributed by atoms with E-state index >= 15 is 0 Å². The van der Waals surface area contributed by atoms with Crippen LogP contribution in [-0.4, -0.2) is 46.4 Å². The van der Waals surface area contributed by atoms with E-state index in [1.165, 1.54) is 37.8 Å². The van der Waals surface area contributed by atoms with Crippen LogP contribution in [0.3, 0.4) is 0 Å². The molecule has 1 aliphatic carbocycles. The monoisotopic (exact) mass is 524 g/mol. The second-order valence-corrected chi connectivity index (χ2v) is 11.3. The van der Waals surface area contributed by atoms with Crippen LogP contribution in [-0.2, 0) is 17.9 Å². The number of aliphatic hydroxyl groups is 1. The van der Waals surface area contributed by atoms with Crippen molar-refractivity contribution in [2.24, 2.45) is 16.6 Å². The maximum Gasteiger partial charge on any atom is 0.245 e. The quantitative estimate of drug-likeness (QED) is 0.236. The highest BCUT2D eigenvalue weighted by Gasteiger charge is 2.50. The van der Waals surface area contributed by atoms with Gasteiger partial charge in [-0.1, -0.05) is 82.2 Å². The first-order valence-corrected chi connectivity index (χ1v) is 14.8. The van der Waals surface area contributed by atoms with Crippen molar-refractivity contribution in [1.29, 1.82) is 0 Å². The number of carbonyl (C=O) groups is 1. The smallest absolute Gasteiger partial charge is 0.245 e. The highest BCUT2D eigenvalue weighted by molar-refractivity contribution is 5.89. The molecule has 1 amide bonds. The number of hydrogen-bond donors (Lipinski definition) is 5. The Kier molecular flexibility index (Phi) is 10.9. The first kappa shape index (κ1) is 28.9. The summed E-state index contributed by atoms with van der Waals surface area (Å²) in [5, 5.41) is 20.0. The van der Waals surface area contributed by atoms with Gasteiger partial charge >= 0.3 is 0 Å². The largest absolute Gasteiger partial charge is 0.365 e. The minimum Gasteiger partial charge on any atom is -0.365 e. The molecule has 3 atom stereocenters. The summed E-state index contributed by atoms with van der Waals surface area (Å²) in [5.41, 5.74) is 9.29. The van der Waals surface area contributed by atoms with Crippen LogP contribution >= 0.6 is 0 Å². The number of allylic oxidation sites excluding steroid dienone is 1. The molecule has 1 aromatic rings. The molecule has 2 unspecified atom stereocenters. The zero-order valence-electron chi connectivity index (χ0n) is 23.1. The number of aliphatic hydroxyl groups excluding tert-OH is 1. The molecule has 0 spiro atoms. The number of nitrogens with one attached hydrogen (secondary N) is 3. The average molecular weight is 525 g/mol. The number of aliphatic imine (C=N–C) groups is 1. The molecule has 0 bridgehead atoms. The Bertz CT molecular complexity index is 943. The molecule has 0 radical (unpaired) electrons. The van der Waals surface area contributed by atoms with Gasteiger partial charge in [-0.05, 0) is 49.1 Å². The summed E-state index contributed by atoms with van der Waals surface area (Å²) in [6.45, 7) is 3.91. The van der Waals surface area contributed by atoms with Gasteiger partial charge in [0.15, 0.2) is 6.35 Å². The van der Waals surface area contributed by atoms with E-state index in [2.05, 4.69) is 46.1 Å². The van der Waals surface area contributed by atoms with Gasteiger partial charge in [0, 0.05) is 31.5 Å².